The van der Waals surface area contributed by atoms with Crippen molar-refractivity contribution >= 4 is 0 Å². The number of aryl methyl sites for hydroxylation is 1. The van der Waals surface area contributed by atoms with Crippen LogP contribution in [0.5, 0.6) is 5.75 Å². The van der Waals surface area contributed by atoms with Crippen LogP contribution in [0.25, 0.3) is 0 Å². The molecule has 2 aliphatic heterocycles. The maximum Gasteiger partial charge on any atom is 0.118 e. The van der Waals surface area contributed by atoms with E-state index in [1.165, 1.54) is 30.4 Å². The molecule has 1 spiro atoms. The average molecular weight is 272 g/mol. The molecule has 0 radical (unpaired) electrons. The third-order valence-electron chi connectivity index (χ3n) is 6.30. The highest BCUT2D eigenvalue weighted by molar-refractivity contribution is 5.50. The number of aromatic hydroxyl groups is 1. The van der Waals surface area contributed by atoms with Crippen molar-refractivity contribution in [3.63, 3.8) is 0 Å². The summed E-state index contributed by atoms with van der Waals surface area (Å²) < 4.78 is 6.17. The van der Waals surface area contributed by atoms with Crippen LogP contribution in [0.15, 0.2) is 12.1 Å². The molecule has 2 nitrogen and oxygen atoms in total. The summed E-state index contributed by atoms with van der Waals surface area (Å²) in [6.45, 7) is 7.68. The van der Waals surface area contributed by atoms with E-state index < -0.39 is 0 Å². The number of hydrogen-bond donors (Lipinski definition) is 1. The minimum atomic E-state index is 0.150. The summed E-state index contributed by atoms with van der Waals surface area (Å²) >= 11 is 0. The first-order valence-corrected chi connectivity index (χ1v) is 7.90. The number of phenols is 1. The molecule has 1 N–H and O–H groups in total. The predicted octanol–water partition coefficient (Wildman–Crippen LogP) is 4.24. The number of hydrogen-bond acceptors (Lipinski definition) is 2. The van der Waals surface area contributed by atoms with Crippen molar-refractivity contribution < 1.29 is 9.84 Å². The molecule has 1 saturated carbocycles. The van der Waals surface area contributed by atoms with Crippen LogP contribution in [0.2, 0.25) is 0 Å². The smallest absolute Gasteiger partial charge is 0.118 e. The molecule has 1 aromatic carbocycles. The molecule has 2 fully saturated rings. The minimum absolute atomic E-state index is 0.150. The average Bonchev–Trinajstić information content (AvgIpc) is 2.40. The highest BCUT2D eigenvalue weighted by Gasteiger charge is 2.58. The van der Waals surface area contributed by atoms with Crippen LogP contribution in [0.3, 0.4) is 0 Å². The molecular weight excluding hydrogens is 248 g/mol. The summed E-state index contributed by atoms with van der Waals surface area (Å²) in [6.07, 6.45) is 5.20. The van der Waals surface area contributed by atoms with E-state index in [9.17, 15) is 5.11 Å². The Bertz CT molecular complexity index is 575. The summed E-state index contributed by atoms with van der Waals surface area (Å²) in [5.41, 5.74) is 4.25. The molecule has 1 aromatic rings. The molecule has 3 atom stereocenters. The fourth-order valence-corrected chi connectivity index (χ4v) is 5.24. The number of benzene rings is 1. The Balaban J connectivity index is 1.94. The normalized spacial score (nSPS) is 37.4. The van der Waals surface area contributed by atoms with E-state index in [1.54, 1.807) is 0 Å². The summed E-state index contributed by atoms with van der Waals surface area (Å²) in [6, 6.07) is 4.21. The molecule has 2 heteroatoms. The summed E-state index contributed by atoms with van der Waals surface area (Å²) in [5.74, 6) is 1.14. The van der Waals surface area contributed by atoms with Crippen LogP contribution in [0.4, 0.5) is 0 Å². The first-order valence-electron chi connectivity index (χ1n) is 7.90. The van der Waals surface area contributed by atoms with Crippen molar-refractivity contribution in [2.75, 3.05) is 6.61 Å². The van der Waals surface area contributed by atoms with E-state index in [2.05, 4.69) is 19.9 Å². The number of ether oxygens (including phenoxy) is 1. The summed E-state index contributed by atoms with van der Waals surface area (Å²) in [5, 5.41) is 10.2. The third kappa shape index (κ3) is 1.43. The van der Waals surface area contributed by atoms with Gasteiger partial charge in [-0.25, -0.2) is 0 Å². The van der Waals surface area contributed by atoms with Crippen LogP contribution in [-0.4, -0.2) is 11.7 Å². The van der Waals surface area contributed by atoms with E-state index in [0.29, 0.717) is 17.1 Å². The van der Waals surface area contributed by atoms with Crippen LogP contribution >= 0.6 is 0 Å². The second-order valence-electron chi connectivity index (χ2n) is 7.81. The monoisotopic (exact) mass is 272 g/mol. The zero-order valence-corrected chi connectivity index (χ0v) is 12.7. The van der Waals surface area contributed by atoms with Gasteiger partial charge < -0.3 is 9.84 Å². The first-order chi connectivity index (χ1) is 9.44. The van der Waals surface area contributed by atoms with Crippen LogP contribution in [0, 0.1) is 18.3 Å². The van der Waals surface area contributed by atoms with E-state index in [-0.39, 0.29) is 11.5 Å². The Morgan fingerprint density at radius 3 is 2.85 bits per heavy atom. The molecule has 20 heavy (non-hydrogen) atoms. The lowest BCUT2D eigenvalue weighted by Crippen LogP contribution is -2.56. The van der Waals surface area contributed by atoms with Gasteiger partial charge in [-0.1, -0.05) is 20.3 Å². The van der Waals surface area contributed by atoms with Crippen molar-refractivity contribution in [2.24, 2.45) is 11.3 Å². The molecule has 4 aliphatic rings. The summed E-state index contributed by atoms with van der Waals surface area (Å²) in [4.78, 5) is 0. The molecule has 0 unspecified atom stereocenters. The standard InChI is InChI=1S/C18H24O2/c1-11-7-12-13(8-14(11)19)18-6-4-5-17(2,3)16(18)9-15(12)20-10-18/h7-8,15-16,19H,4-6,9-10H2,1-3H3/t15-,16-,18-/m1/s1. The Kier molecular flexibility index (Phi) is 2.41. The van der Waals surface area contributed by atoms with Crippen molar-refractivity contribution in [3.05, 3.63) is 28.8 Å². The number of fused-ring (bicyclic) bond motifs is 1. The van der Waals surface area contributed by atoms with Gasteiger partial charge in [0.2, 0.25) is 0 Å². The predicted molar refractivity (Wildman–Crippen MR) is 79.0 cm³/mol. The zero-order valence-electron chi connectivity index (χ0n) is 12.7. The van der Waals surface area contributed by atoms with Gasteiger partial charge in [0.25, 0.3) is 0 Å². The van der Waals surface area contributed by atoms with Crippen molar-refractivity contribution in [2.45, 2.75) is 58.0 Å². The lowest BCUT2D eigenvalue weighted by atomic mass is 9.48. The quantitative estimate of drug-likeness (QED) is 0.765. The molecule has 2 heterocycles. The molecule has 1 saturated heterocycles. The zero-order chi connectivity index (χ0) is 14.1. The van der Waals surface area contributed by atoms with E-state index in [0.717, 1.165) is 18.6 Å². The van der Waals surface area contributed by atoms with Crippen LogP contribution in [-0.2, 0) is 10.2 Å². The van der Waals surface area contributed by atoms with Crippen LogP contribution < -0.4 is 0 Å². The SMILES string of the molecule is Cc1cc2c(cc1O)[C@]13CCCC(C)(C)[C@H]1C[C@H]2OC3. The Labute approximate surface area is 121 Å². The first kappa shape index (κ1) is 12.7. The van der Waals surface area contributed by atoms with Crippen LogP contribution in [0.1, 0.15) is 62.3 Å². The van der Waals surface area contributed by atoms with Gasteiger partial charge in [0.1, 0.15) is 5.75 Å². The molecule has 2 aliphatic carbocycles. The molecule has 0 amide bonds. The van der Waals surface area contributed by atoms with Gasteiger partial charge in [0, 0.05) is 5.41 Å². The fourth-order valence-electron chi connectivity index (χ4n) is 5.24. The van der Waals surface area contributed by atoms with Crippen molar-refractivity contribution in [1.29, 1.82) is 0 Å². The van der Waals surface area contributed by atoms with Crippen molar-refractivity contribution in [3.8, 4) is 5.75 Å². The molecule has 0 aromatic heterocycles. The third-order valence-corrected chi connectivity index (χ3v) is 6.30. The van der Waals surface area contributed by atoms with Crippen molar-refractivity contribution in [1.82, 2.24) is 0 Å². The van der Waals surface area contributed by atoms with Gasteiger partial charge in [0.15, 0.2) is 0 Å². The van der Waals surface area contributed by atoms with E-state index in [1.807, 2.05) is 13.0 Å². The molecule has 5 rings (SSSR count). The van der Waals surface area contributed by atoms with E-state index >= 15 is 0 Å². The van der Waals surface area contributed by atoms with Gasteiger partial charge in [0.05, 0.1) is 12.7 Å². The minimum Gasteiger partial charge on any atom is -0.508 e. The molecule has 2 bridgehead atoms. The number of rotatable bonds is 0. The van der Waals surface area contributed by atoms with Gasteiger partial charge in [-0.15, -0.1) is 0 Å². The van der Waals surface area contributed by atoms with Gasteiger partial charge in [-0.3, -0.25) is 0 Å². The second kappa shape index (κ2) is 3.79. The Hall–Kier alpha value is -1.02. The Morgan fingerprint density at radius 1 is 1.25 bits per heavy atom. The van der Waals surface area contributed by atoms with E-state index in [4.69, 9.17) is 4.74 Å². The van der Waals surface area contributed by atoms with Gasteiger partial charge >= 0.3 is 0 Å². The maximum absolute atomic E-state index is 10.2. The molecular formula is C18H24O2. The van der Waals surface area contributed by atoms with Gasteiger partial charge in [-0.05, 0) is 66.3 Å². The lowest BCUT2D eigenvalue weighted by molar-refractivity contribution is -0.136. The van der Waals surface area contributed by atoms with Gasteiger partial charge in [-0.2, -0.15) is 0 Å². The highest BCUT2D eigenvalue weighted by Crippen LogP contribution is 2.63. The second-order valence-corrected chi connectivity index (χ2v) is 7.81. The topological polar surface area (TPSA) is 29.5 Å². The highest BCUT2D eigenvalue weighted by atomic mass is 16.5. The lowest BCUT2D eigenvalue weighted by Gasteiger charge is -2.60. The molecule has 108 valence electrons. The maximum atomic E-state index is 10.2. The number of phenolic OH excluding ortho intramolecular Hbond substituents is 1. The fraction of sp³-hybridized carbons (Fsp3) is 0.667. The summed E-state index contributed by atoms with van der Waals surface area (Å²) in [7, 11) is 0. The largest absolute Gasteiger partial charge is 0.508 e. The Morgan fingerprint density at radius 2 is 2.05 bits per heavy atom.